The monoisotopic (exact) mass is 423 g/mol. The molecule has 154 valence electrons. The predicted molar refractivity (Wildman–Crippen MR) is 113 cm³/mol. The highest BCUT2D eigenvalue weighted by molar-refractivity contribution is 7.89. The molecule has 0 bridgehead atoms. The van der Waals surface area contributed by atoms with Crippen LogP contribution in [0.2, 0.25) is 0 Å². The fraction of sp³-hybridized carbons (Fsp3) is 0.273. The van der Waals surface area contributed by atoms with Crippen LogP contribution < -0.4 is 10.3 Å². The number of hydrogen-bond donors (Lipinski definition) is 1. The van der Waals surface area contributed by atoms with Crippen LogP contribution in [0.25, 0.3) is 22.4 Å². The molecular weight excluding hydrogens is 402 g/mol. The van der Waals surface area contributed by atoms with E-state index in [2.05, 4.69) is 20.5 Å². The van der Waals surface area contributed by atoms with Gasteiger partial charge in [0.2, 0.25) is 10.0 Å². The smallest absolute Gasteiger partial charge is 0.336 e. The first-order chi connectivity index (χ1) is 14.5. The number of fused-ring (bicyclic) bond motifs is 2. The molecule has 2 aromatic rings. The molecule has 1 N–H and O–H groups in total. The molecule has 0 amide bonds. The van der Waals surface area contributed by atoms with Gasteiger partial charge in [0.05, 0.1) is 4.90 Å². The van der Waals surface area contributed by atoms with Crippen LogP contribution in [-0.2, 0) is 10.0 Å². The normalized spacial score (nSPS) is 20.0. The SMILES string of the molecule is O=c1ccc2cc(S(=O)(=O)NC3CCC(n4cccc5ccnc4-5)CC3)ccc2o1. The van der Waals surface area contributed by atoms with E-state index in [1.807, 2.05) is 24.4 Å². The maximum absolute atomic E-state index is 12.9. The van der Waals surface area contributed by atoms with Crippen LogP contribution in [0.15, 0.2) is 75.0 Å². The van der Waals surface area contributed by atoms with Crippen LogP contribution in [0, 0.1) is 0 Å². The van der Waals surface area contributed by atoms with E-state index in [1.165, 1.54) is 24.3 Å². The summed E-state index contributed by atoms with van der Waals surface area (Å²) < 4.78 is 35.9. The molecule has 3 heterocycles. The summed E-state index contributed by atoms with van der Waals surface area (Å²) in [6.45, 7) is 0. The van der Waals surface area contributed by atoms with Gasteiger partial charge in [0.25, 0.3) is 0 Å². The minimum absolute atomic E-state index is 0.108. The summed E-state index contributed by atoms with van der Waals surface area (Å²) in [4.78, 5) is 15.9. The lowest BCUT2D eigenvalue weighted by molar-refractivity contribution is 0.311. The quantitative estimate of drug-likeness (QED) is 0.507. The van der Waals surface area contributed by atoms with E-state index in [0.717, 1.165) is 37.1 Å². The van der Waals surface area contributed by atoms with E-state index in [9.17, 15) is 13.2 Å². The molecule has 1 aromatic heterocycles. The van der Waals surface area contributed by atoms with Gasteiger partial charge in [-0.15, -0.1) is 0 Å². The molecule has 1 saturated carbocycles. The van der Waals surface area contributed by atoms with Crippen molar-refractivity contribution in [1.29, 1.82) is 0 Å². The molecule has 1 aromatic carbocycles. The number of rotatable bonds is 4. The fourth-order valence-corrected chi connectivity index (χ4v) is 5.60. The van der Waals surface area contributed by atoms with Crippen LogP contribution >= 0.6 is 0 Å². The number of hydrogen-bond acceptors (Lipinski definition) is 5. The summed E-state index contributed by atoms with van der Waals surface area (Å²) in [6, 6.07) is 13.7. The van der Waals surface area contributed by atoms with Crippen LogP contribution in [0.3, 0.4) is 0 Å². The van der Waals surface area contributed by atoms with Crippen molar-refractivity contribution in [2.75, 3.05) is 0 Å². The highest BCUT2D eigenvalue weighted by Gasteiger charge is 2.27. The molecule has 3 aliphatic rings. The molecule has 0 saturated heterocycles. The van der Waals surface area contributed by atoms with E-state index < -0.39 is 15.6 Å². The van der Waals surface area contributed by atoms with E-state index in [1.54, 1.807) is 6.07 Å². The molecular formula is C22H21N3O4S. The standard InChI is InChI=1S/C22H21N3O4S/c26-21-10-3-16-14-19(8-9-20(16)29-21)30(27,28)24-17-4-6-18(7-5-17)25-13-1-2-15-11-12-23-22(15)25/h1-3,8-14,17-18,24H,4-7H2. The fourth-order valence-electron chi connectivity index (χ4n) is 4.26. The zero-order valence-electron chi connectivity index (χ0n) is 16.2. The Labute approximate surface area is 173 Å². The Balaban J connectivity index is 1.29. The van der Waals surface area contributed by atoms with E-state index in [4.69, 9.17) is 4.42 Å². The minimum Gasteiger partial charge on any atom is -0.423 e. The molecule has 1 aliphatic carbocycles. The topological polar surface area (TPSA) is 94.2 Å². The second-order valence-electron chi connectivity index (χ2n) is 7.72. The molecule has 0 atom stereocenters. The number of pyridine rings is 1. The van der Waals surface area contributed by atoms with E-state index in [-0.39, 0.29) is 10.9 Å². The van der Waals surface area contributed by atoms with Gasteiger partial charge < -0.3 is 8.98 Å². The third kappa shape index (κ3) is 3.53. The Hall–Kier alpha value is -2.97. The summed E-state index contributed by atoms with van der Waals surface area (Å²) in [7, 11) is -3.66. The third-order valence-corrected chi connectivity index (χ3v) is 7.31. The van der Waals surface area contributed by atoms with Gasteiger partial charge in [-0.05, 0) is 68.1 Å². The summed E-state index contributed by atoms with van der Waals surface area (Å²) >= 11 is 0. The predicted octanol–water partition coefficient (Wildman–Crippen LogP) is 3.56. The maximum Gasteiger partial charge on any atom is 0.336 e. The highest BCUT2D eigenvalue weighted by Crippen LogP contribution is 2.33. The molecule has 5 rings (SSSR count). The largest absolute Gasteiger partial charge is 0.423 e. The van der Waals surface area contributed by atoms with Crippen LogP contribution in [0.5, 0.6) is 0 Å². The summed E-state index contributed by atoms with van der Waals surface area (Å²) in [6.07, 6.45) is 7.15. The summed E-state index contributed by atoms with van der Waals surface area (Å²) in [5, 5.41) is 0.577. The van der Waals surface area contributed by atoms with Crippen molar-refractivity contribution >= 4 is 21.0 Å². The van der Waals surface area contributed by atoms with Gasteiger partial charge >= 0.3 is 5.63 Å². The Morgan fingerprint density at radius 1 is 1.03 bits per heavy atom. The van der Waals surface area contributed by atoms with Crippen molar-refractivity contribution in [3.8, 4) is 11.4 Å². The first kappa shape index (κ1) is 19.0. The molecule has 0 radical (unpaired) electrons. The number of aromatic nitrogens is 2. The van der Waals surface area contributed by atoms with Crippen LogP contribution in [0.1, 0.15) is 31.7 Å². The highest BCUT2D eigenvalue weighted by atomic mass is 32.2. The molecule has 0 unspecified atom stereocenters. The van der Waals surface area contributed by atoms with Crippen LogP contribution in [0.4, 0.5) is 0 Å². The van der Waals surface area contributed by atoms with Gasteiger partial charge in [-0.2, -0.15) is 0 Å². The lowest BCUT2D eigenvalue weighted by atomic mass is 9.91. The molecule has 8 heteroatoms. The zero-order valence-corrected chi connectivity index (χ0v) is 17.0. The Morgan fingerprint density at radius 3 is 2.70 bits per heavy atom. The first-order valence-electron chi connectivity index (χ1n) is 9.97. The van der Waals surface area contributed by atoms with Gasteiger partial charge in [0.1, 0.15) is 11.4 Å². The van der Waals surface area contributed by atoms with Crippen LogP contribution in [-0.4, -0.2) is 24.0 Å². The number of nitrogens with one attached hydrogen (secondary N) is 1. The Morgan fingerprint density at radius 2 is 1.87 bits per heavy atom. The van der Waals surface area contributed by atoms with Gasteiger partial charge in [0, 0.05) is 41.5 Å². The maximum atomic E-state index is 12.9. The third-order valence-electron chi connectivity index (χ3n) is 5.79. The summed E-state index contributed by atoms with van der Waals surface area (Å²) in [5.74, 6) is 0.976. The average molecular weight is 423 g/mol. The molecule has 30 heavy (non-hydrogen) atoms. The van der Waals surface area contributed by atoms with E-state index >= 15 is 0 Å². The number of nitrogens with zero attached hydrogens (tertiary/aromatic N) is 2. The molecule has 7 nitrogen and oxygen atoms in total. The molecule has 1 fully saturated rings. The van der Waals surface area contributed by atoms with Crippen molar-refractivity contribution in [2.24, 2.45) is 0 Å². The Bertz CT molecular complexity index is 1330. The minimum atomic E-state index is -3.66. The zero-order chi connectivity index (χ0) is 20.7. The van der Waals surface area contributed by atoms with Gasteiger partial charge in [-0.25, -0.2) is 22.9 Å². The number of benzene rings is 1. The first-order valence-corrected chi connectivity index (χ1v) is 11.5. The summed E-state index contributed by atoms with van der Waals surface area (Å²) in [5.41, 5.74) is 1.03. The average Bonchev–Trinajstić information content (AvgIpc) is 3.23. The van der Waals surface area contributed by atoms with E-state index in [0.29, 0.717) is 17.0 Å². The molecule has 0 spiro atoms. The second kappa shape index (κ2) is 7.37. The van der Waals surface area contributed by atoms with Crippen molar-refractivity contribution in [2.45, 2.75) is 42.7 Å². The lowest BCUT2D eigenvalue weighted by Gasteiger charge is -2.31. The Kier molecular flexibility index (Phi) is 4.67. The van der Waals surface area contributed by atoms with Gasteiger partial charge in [-0.1, -0.05) is 0 Å². The van der Waals surface area contributed by atoms with Crippen molar-refractivity contribution < 1.29 is 12.8 Å². The van der Waals surface area contributed by atoms with Crippen molar-refractivity contribution in [3.63, 3.8) is 0 Å². The lowest BCUT2D eigenvalue weighted by Crippen LogP contribution is -2.38. The number of sulfonamides is 1. The molecule has 2 aliphatic heterocycles. The van der Waals surface area contributed by atoms with Gasteiger partial charge in [-0.3, -0.25) is 0 Å². The van der Waals surface area contributed by atoms with Crippen molar-refractivity contribution in [3.05, 3.63) is 71.3 Å². The van der Waals surface area contributed by atoms with Crippen molar-refractivity contribution in [1.82, 2.24) is 14.3 Å². The van der Waals surface area contributed by atoms with Gasteiger partial charge in [0.15, 0.2) is 0 Å². The second-order valence-corrected chi connectivity index (χ2v) is 9.43.